The van der Waals surface area contributed by atoms with Gasteiger partial charge in [-0.15, -0.1) is 0 Å². The van der Waals surface area contributed by atoms with Gasteiger partial charge in [0.15, 0.2) is 5.75 Å². The Balaban J connectivity index is 2.66. The highest BCUT2D eigenvalue weighted by atomic mass is 79.9. The molecule has 0 saturated carbocycles. The predicted octanol–water partition coefficient (Wildman–Crippen LogP) is 7.04. The molecule has 2 aromatic rings. The molecule has 0 aromatic heterocycles. The van der Waals surface area contributed by atoms with Gasteiger partial charge < -0.3 is 10.1 Å². The van der Waals surface area contributed by atoms with E-state index in [0.717, 1.165) is 6.07 Å². The number of nitrogens with one attached hydrogen (secondary N) is 1. The maximum absolute atomic E-state index is 14.3. The number of carbonyl (C=O) groups is 1. The number of benzene rings is 2. The number of amides is 1. The topological polar surface area (TPSA) is 38.3 Å². The maximum atomic E-state index is 14.3. The quantitative estimate of drug-likeness (QED) is 0.412. The van der Waals surface area contributed by atoms with Crippen LogP contribution < -0.4 is 10.1 Å². The van der Waals surface area contributed by atoms with Crippen molar-refractivity contribution in [2.24, 2.45) is 0 Å². The second kappa shape index (κ2) is 8.79. The molecule has 0 saturated heterocycles. The number of hydrogen-bond acceptors (Lipinski definition) is 2. The Morgan fingerprint density at radius 1 is 1.03 bits per heavy atom. The van der Waals surface area contributed by atoms with Crippen molar-refractivity contribution >= 4 is 27.5 Å². The maximum Gasteiger partial charge on any atom is 0.435 e. The van der Waals surface area contributed by atoms with E-state index in [1.807, 2.05) is 5.32 Å². The highest BCUT2D eigenvalue weighted by Gasteiger charge is 2.73. The lowest BCUT2D eigenvalue weighted by molar-refractivity contribution is -0.348. The molecule has 0 aliphatic rings. The number of carbonyl (C=O) groups excluding carboxylic acids is 1. The first-order chi connectivity index (χ1) is 14.5. The Morgan fingerprint density at radius 2 is 1.59 bits per heavy atom. The van der Waals surface area contributed by atoms with Crippen LogP contribution in [-0.2, 0) is 5.67 Å². The van der Waals surface area contributed by atoms with Crippen LogP contribution in [0.4, 0.5) is 49.6 Å². The molecule has 0 spiro atoms. The van der Waals surface area contributed by atoms with E-state index in [2.05, 4.69) is 20.7 Å². The van der Waals surface area contributed by atoms with Gasteiger partial charge in [0.05, 0.1) is 11.3 Å². The van der Waals surface area contributed by atoms with E-state index in [1.165, 1.54) is 19.1 Å². The van der Waals surface area contributed by atoms with Gasteiger partial charge in [-0.2, -0.15) is 35.1 Å². The summed E-state index contributed by atoms with van der Waals surface area (Å²) in [5, 5.41) is 1.86. The van der Waals surface area contributed by atoms with Gasteiger partial charge in [-0.3, -0.25) is 4.79 Å². The molecule has 0 bridgehead atoms. The molecule has 176 valence electrons. The van der Waals surface area contributed by atoms with Gasteiger partial charge in [-0.1, -0.05) is 12.1 Å². The molecule has 14 heteroatoms. The van der Waals surface area contributed by atoms with Crippen molar-refractivity contribution in [2.45, 2.75) is 31.6 Å². The number of hydrogen-bond donors (Lipinski definition) is 1. The number of rotatable bonds is 5. The van der Waals surface area contributed by atoms with Crippen molar-refractivity contribution in [2.75, 3.05) is 5.32 Å². The summed E-state index contributed by atoms with van der Waals surface area (Å²) in [5.74, 6) is -3.75. The van der Waals surface area contributed by atoms with Crippen molar-refractivity contribution < 1.29 is 53.4 Å². The zero-order valence-corrected chi connectivity index (χ0v) is 17.0. The minimum absolute atomic E-state index is 0.00804. The first-order valence-electron chi connectivity index (χ1n) is 8.18. The monoisotopic (exact) mass is 541 g/mol. The summed E-state index contributed by atoms with van der Waals surface area (Å²) in [6, 6.07) is 3.23. The molecule has 0 atom stereocenters. The second-order valence-electron chi connectivity index (χ2n) is 6.25. The third-order valence-electron chi connectivity index (χ3n) is 4.12. The largest absolute Gasteiger partial charge is 0.435 e. The van der Waals surface area contributed by atoms with Gasteiger partial charge in [0.1, 0.15) is 5.82 Å². The van der Waals surface area contributed by atoms with Crippen molar-refractivity contribution in [3.63, 3.8) is 0 Å². The molecule has 0 unspecified atom stereocenters. The molecule has 0 fully saturated rings. The average Bonchev–Trinajstić information content (AvgIpc) is 2.63. The Hall–Kier alpha value is -2.51. The summed E-state index contributed by atoms with van der Waals surface area (Å²) in [6.45, 7) is -2.49. The van der Waals surface area contributed by atoms with Crippen LogP contribution in [-0.4, -0.2) is 24.9 Å². The Bertz CT molecular complexity index is 1010. The van der Waals surface area contributed by atoms with Crippen LogP contribution in [0.5, 0.6) is 5.75 Å². The fourth-order valence-corrected chi connectivity index (χ4v) is 3.12. The summed E-state index contributed by atoms with van der Waals surface area (Å²) < 4.78 is 135. The van der Waals surface area contributed by atoms with Crippen LogP contribution in [0.3, 0.4) is 0 Å². The normalized spacial score (nSPS) is 12.8. The number of halogens is 11. The molecule has 1 N–H and O–H groups in total. The summed E-state index contributed by atoms with van der Waals surface area (Å²) in [7, 11) is 0. The van der Waals surface area contributed by atoms with Crippen molar-refractivity contribution in [1.29, 1.82) is 0 Å². The van der Waals surface area contributed by atoms with Crippen molar-refractivity contribution in [1.82, 2.24) is 0 Å². The minimum Gasteiger partial charge on any atom is -0.433 e. The average molecular weight is 542 g/mol. The molecule has 32 heavy (non-hydrogen) atoms. The van der Waals surface area contributed by atoms with Crippen molar-refractivity contribution in [3.8, 4) is 5.75 Å². The molecule has 0 heterocycles. The van der Waals surface area contributed by atoms with Gasteiger partial charge in [-0.25, -0.2) is 8.78 Å². The van der Waals surface area contributed by atoms with Gasteiger partial charge in [0, 0.05) is 10.0 Å². The van der Waals surface area contributed by atoms with Crippen LogP contribution in [0, 0.1) is 12.7 Å². The SMILES string of the molecule is Cc1cccc(C(=O)Nc2c(Br)cc(C(F)(C(F)(F)F)C(F)(F)F)cc2OC(F)F)c1F. The summed E-state index contributed by atoms with van der Waals surface area (Å²) in [4.78, 5) is 12.3. The van der Waals surface area contributed by atoms with E-state index in [0.29, 0.717) is 0 Å². The lowest BCUT2D eigenvalue weighted by Gasteiger charge is -2.31. The van der Waals surface area contributed by atoms with E-state index in [4.69, 9.17) is 0 Å². The number of anilines is 1. The lowest BCUT2D eigenvalue weighted by Crippen LogP contribution is -2.50. The Labute approximate surface area is 181 Å². The van der Waals surface area contributed by atoms with Gasteiger partial charge in [0.25, 0.3) is 5.91 Å². The molecule has 2 rings (SSSR count). The van der Waals surface area contributed by atoms with Crippen LogP contribution in [0.1, 0.15) is 21.5 Å². The predicted molar refractivity (Wildman–Crippen MR) is 94.8 cm³/mol. The molecule has 3 nitrogen and oxygen atoms in total. The molecule has 2 aromatic carbocycles. The highest BCUT2D eigenvalue weighted by molar-refractivity contribution is 9.10. The number of ether oxygens (including phenoxy) is 1. The first kappa shape index (κ1) is 25.7. The number of alkyl halides is 9. The minimum atomic E-state index is -6.53. The van der Waals surface area contributed by atoms with Crippen LogP contribution in [0.25, 0.3) is 0 Å². The fraction of sp³-hybridized carbons (Fsp3) is 0.278. The molecule has 0 radical (unpaired) electrons. The van der Waals surface area contributed by atoms with Gasteiger partial charge in [0.2, 0.25) is 0 Å². The van der Waals surface area contributed by atoms with E-state index in [9.17, 15) is 48.7 Å². The van der Waals surface area contributed by atoms with Gasteiger partial charge >= 0.3 is 24.6 Å². The fourth-order valence-electron chi connectivity index (χ4n) is 2.58. The zero-order valence-electron chi connectivity index (χ0n) is 15.4. The van der Waals surface area contributed by atoms with Crippen molar-refractivity contribution in [3.05, 3.63) is 57.3 Å². The smallest absolute Gasteiger partial charge is 0.433 e. The van der Waals surface area contributed by atoms with Crippen LogP contribution >= 0.6 is 15.9 Å². The second-order valence-corrected chi connectivity index (χ2v) is 7.11. The first-order valence-corrected chi connectivity index (χ1v) is 8.97. The van der Waals surface area contributed by atoms with Crippen LogP contribution in [0.15, 0.2) is 34.8 Å². The molecular weight excluding hydrogens is 532 g/mol. The highest BCUT2D eigenvalue weighted by Crippen LogP contribution is 2.55. The third-order valence-corrected chi connectivity index (χ3v) is 4.75. The molecule has 0 aliphatic heterocycles. The van der Waals surface area contributed by atoms with E-state index in [1.54, 1.807) is 0 Å². The summed E-state index contributed by atoms with van der Waals surface area (Å²) in [6.07, 6.45) is -13.1. The third kappa shape index (κ3) is 4.79. The molecular formula is C18H10BrF10NO2. The summed E-state index contributed by atoms with van der Waals surface area (Å²) >= 11 is 2.51. The van der Waals surface area contributed by atoms with Gasteiger partial charge in [-0.05, 0) is 46.6 Å². The standard InChI is InChI=1S/C18H10BrF10NO2/c1-7-3-2-4-9(12(7)20)14(31)30-13-10(19)5-8(6-11(13)32-15(21)22)16(23,17(24,25)26)18(27,28)29/h2-6,15H,1H3,(H,30,31). The van der Waals surface area contributed by atoms with E-state index >= 15 is 0 Å². The zero-order chi connectivity index (χ0) is 24.6. The molecule has 0 aliphatic carbocycles. The molecule has 1 amide bonds. The Morgan fingerprint density at radius 3 is 2.09 bits per heavy atom. The van der Waals surface area contributed by atoms with E-state index in [-0.39, 0.29) is 17.7 Å². The van der Waals surface area contributed by atoms with E-state index < -0.39 is 63.4 Å². The Kier molecular flexibility index (Phi) is 7.07. The van der Waals surface area contributed by atoms with Crippen LogP contribution in [0.2, 0.25) is 0 Å². The lowest BCUT2D eigenvalue weighted by atomic mass is 9.93. The summed E-state index contributed by atoms with van der Waals surface area (Å²) in [5.41, 5.74) is -9.58. The number of aryl methyl sites for hydroxylation is 1.